The van der Waals surface area contributed by atoms with Crippen LogP contribution < -0.4 is 19.5 Å². The molecular formula is C26H26N2O5S. The second kappa shape index (κ2) is 8.45. The molecule has 5 rings (SSSR count). The fraction of sp³-hybridized carbons (Fsp3) is 0.269. The van der Waals surface area contributed by atoms with Crippen molar-refractivity contribution < 1.29 is 22.7 Å². The number of rotatable bonds is 6. The highest BCUT2D eigenvalue weighted by atomic mass is 32.2. The zero-order valence-corrected chi connectivity index (χ0v) is 19.9. The van der Waals surface area contributed by atoms with E-state index in [0.717, 1.165) is 35.1 Å². The highest BCUT2D eigenvalue weighted by Gasteiger charge is 2.51. The van der Waals surface area contributed by atoms with E-state index in [2.05, 4.69) is 10.0 Å². The molecule has 176 valence electrons. The lowest BCUT2D eigenvalue weighted by Gasteiger charge is -2.22. The van der Waals surface area contributed by atoms with Gasteiger partial charge in [-0.3, -0.25) is 4.79 Å². The second-order valence-electron chi connectivity index (χ2n) is 8.66. The summed E-state index contributed by atoms with van der Waals surface area (Å²) in [6.45, 7) is 3.02. The van der Waals surface area contributed by atoms with E-state index in [0.29, 0.717) is 30.4 Å². The molecule has 2 aliphatic rings. The average Bonchev–Trinajstić information content (AvgIpc) is 3.67. The molecule has 1 aliphatic heterocycles. The summed E-state index contributed by atoms with van der Waals surface area (Å²) in [5.41, 5.74) is 3.88. The molecule has 0 unspecified atom stereocenters. The van der Waals surface area contributed by atoms with Gasteiger partial charge in [-0.05, 0) is 85.5 Å². The van der Waals surface area contributed by atoms with Crippen molar-refractivity contribution in [2.75, 3.05) is 25.6 Å². The highest BCUT2D eigenvalue weighted by Crippen LogP contribution is 2.51. The molecule has 7 nitrogen and oxygen atoms in total. The van der Waals surface area contributed by atoms with Crippen LogP contribution in [0.5, 0.6) is 11.5 Å². The summed E-state index contributed by atoms with van der Waals surface area (Å²) < 4.78 is 37.7. The zero-order valence-electron chi connectivity index (χ0n) is 19.1. The first-order valence-corrected chi connectivity index (χ1v) is 12.7. The summed E-state index contributed by atoms with van der Waals surface area (Å²) in [5.74, 6) is 1.35. The van der Waals surface area contributed by atoms with Crippen LogP contribution in [0.15, 0.2) is 65.6 Å². The Morgan fingerprint density at radius 2 is 1.62 bits per heavy atom. The van der Waals surface area contributed by atoms with Crippen LogP contribution in [0.3, 0.4) is 0 Å². The van der Waals surface area contributed by atoms with Crippen molar-refractivity contribution >= 4 is 21.6 Å². The van der Waals surface area contributed by atoms with Gasteiger partial charge in [0.2, 0.25) is 15.9 Å². The van der Waals surface area contributed by atoms with E-state index < -0.39 is 15.4 Å². The normalized spacial score (nSPS) is 16.1. The van der Waals surface area contributed by atoms with E-state index in [-0.39, 0.29) is 10.8 Å². The number of sulfonamides is 1. The number of amides is 1. The molecule has 0 aromatic heterocycles. The van der Waals surface area contributed by atoms with E-state index in [4.69, 9.17) is 9.47 Å². The molecule has 34 heavy (non-hydrogen) atoms. The van der Waals surface area contributed by atoms with Crippen molar-refractivity contribution in [3.63, 3.8) is 0 Å². The largest absolute Gasteiger partial charge is 0.486 e. The van der Waals surface area contributed by atoms with Crippen molar-refractivity contribution in [3.8, 4) is 22.6 Å². The Kier molecular flexibility index (Phi) is 5.58. The summed E-state index contributed by atoms with van der Waals surface area (Å²) >= 11 is 0. The third kappa shape index (κ3) is 4.03. The molecule has 3 aromatic carbocycles. The first kappa shape index (κ1) is 22.4. The molecule has 1 aliphatic carbocycles. The summed E-state index contributed by atoms with van der Waals surface area (Å²) in [6.07, 6.45) is 1.55. The summed E-state index contributed by atoms with van der Waals surface area (Å²) in [5, 5.41) is 3.09. The number of anilines is 1. The first-order chi connectivity index (χ1) is 16.3. The molecule has 3 aromatic rings. The van der Waals surface area contributed by atoms with Crippen molar-refractivity contribution in [1.29, 1.82) is 0 Å². The second-order valence-corrected chi connectivity index (χ2v) is 10.5. The monoisotopic (exact) mass is 478 g/mol. The Balaban J connectivity index is 1.38. The van der Waals surface area contributed by atoms with Gasteiger partial charge in [-0.2, -0.15) is 0 Å². The summed E-state index contributed by atoms with van der Waals surface area (Å²) in [7, 11) is -2.11. The standard InChI is InChI=1S/C26H26N2O5S/c1-17-3-7-20(16-22(17)18-4-8-21(9-5-18)34(30,31)27-2)28-25(29)26(11-12-26)19-6-10-23-24(15-19)33-14-13-32-23/h3-10,15-16,27H,11-14H2,1-2H3,(H,28,29). The van der Waals surface area contributed by atoms with Crippen LogP contribution in [0.25, 0.3) is 11.1 Å². The molecular weight excluding hydrogens is 452 g/mol. The van der Waals surface area contributed by atoms with Gasteiger partial charge >= 0.3 is 0 Å². The van der Waals surface area contributed by atoms with Gasteiger partial charge in [0.05, 0.1) is 10.3 Å². The molecule has 1 heterocycles. The number of benzene rings is 3. The molecule has 0 atom stereocenters. The fourth-order valence-corrected chi connectivity index (χ4v) is 5.04. The van der Waals surface area contributed by atoms with Crippen LogP contribution >= 0.6 is 0 Å². The number of ether oxygens (including phenoxy) is 2. The van der Waals surface area contributed by atoms with Crippen LogP contribution in [-0.4, -0.2) is 34.6 Å². The smallest absolute Gasteiger partial charge is 0.240 e. The molecule has 1 fully saturated rings. The van der Waals surface area contributed by atoms with Crippen LogP contribution in [0.2, 0.25) is 0 Å². The Hall–Kier alpha value is -3.36. The van der Waals surface area contributed by atoms with Gasteiger partial charge < -0.3 is 14.8 Å². The lowest BCUT2D eigenvalue weighted by Crippen LogP contribution is -2.28. The van der Waals surface area contributed by atoms with Crippen LogP contribution in [0, 0.1) is 6.92 Å². The summed E-state index contributed by atoms with van der Waals surface area (Å²) in [4.78, 5) is 13.5. The van der Waals surface area contributed by atoms with Crippen molar-refractivity contribution in [3.05, 3.63) is 71.8 Å². The number of hydrogen-bond donors (Lipinski definition) is 2. The third-order valence-corrected chi connectivity index (χ3v) is 7.95. The number of nitrogens with one attached hydrogen (secondary N) is 2. The molecule has 1 saturated carbocycles. The predicted octanol–water partition coefficient (Wildman–Crippen LogP) is 4.01. The molecule has 8 heteroatoms. The summed E-state index contributed by atoms with van der Waals surface area (Å²) in [6, 6.07) is 18.2. The predicted molar refractivity (Wildman–Crippen MR) is 130 cm³/mol. The maximum atomic E-state index is 13.3. The minimum Gasteiger partial charge on any atom is -0.486 e. The minimum atomic E-state index is -3.50. The quantitative estimate of drug-likeness (QED) is 0.558. The van der Waals surface area contributed by atoms with Gasteiger partial charge in [-0.25, -0.2) is 13.1 Å². The number of aryl methyl sites for hydroxylation is 1. The number of carbonyl (C=O) groups excluding carboxylic acids is 1. The molecule has 0 radical (unpaired) electrons. The van der Waals surface area contributed by atoms with Crippen molar-refractivity contribution in [2.45, 2.75) is 30.1 Å². The van der Waals surface area contributed by atoms with E-state index in [9.17, 15) is 13.2 Å². The van der Waals surface area contributed by atoms with E-state index in [1.54, 1.807) is 24.3 Å². The topological polar surface area (TPSA) is 93.7 Å². The Morgan fingerprint density at radius 3 is 2.29 bits per heavy atom. The molecule has 2 N–H and O–H groups in total. The van der Waals surface area contributed by atoms with Crippen LogP contribution in [0.1, 0.15) is 24.0 Å². The van der Waals surface area contributed by atoms with Gasteiger partial charge in [-0.1, -0.05) is 24.3 Å². The maximum Gasteiger partial charge on any atom is 0.240 e. The van der Waals surface area contributed by atoms with Crippen LogP contribution in [0.4, 0.5) is 5.69 Å². The van der Waals surface area contributed by atoms with E-state index >= 15 is 0 Å². The number of carbonyl (C=O) groups is 1. The Morgan fingerprint density at radius 1 is 0.912 bits per heavy atom. The maximum absolute atomic E-state index is 13.3. The SMILES string of the molecule is CNS(=O)(=O)c1ccc(-c2cc(NC(=O)C3(c4ccc5c(c4)OCCO5)CC3)ccc2C)cc1. The van der Waals surface area contributed by atoms with Gasteiger partial charge in [0.15, 0.2) is 11.5 Å². The van der Waals surface area contributed by atoms with Crippen molar-refractivity contribution in [2.24, 2.45) is 0 Å². The third-order valence-electron chi connectivity index (χ3n) is 6.52. The van der Waals surface area contributed by atoms with Gasteiger partial charge in [-0.15, -0.1) is 0 Å². The zero-order chi connectivity index (χ0) is 23.9. The van der Waals surface area contributed by atoms with E-state index in [1.807, 2.05) is 43.3 Å². The number of hydrogen-bond acceptors (Lipinski definition) is 5. The van der Waals surface area contributed by atoms with Crippen LogP contribution in [-0.2, 0) is 20.2 Å². The van der Waals surface area contributed by atoms with Gasteiger partial charge in [0, 0.05) is 5.69 Å². The van der Waals surface area contributed by atoms with Gasteiger partial charge in [0.1, 0.15) is 13.2 Å². The Bertz CT molecular complexity index is 1360. The van der Waals surface area contributed by atoms with Crippen molar-refractivity contribution in [1.82, 2.24) is 4.72 Å². The van der Waals surface area contributed by atoms with E-state index in [1.165, 1.54) is 7.05 Å². The molecule has 0 saturated heterocycles. The lowest BCUT2D eigenvalue weighted by molar-refractivity contribution is -0.118. The highest BCUT2D eigenvalue weighted by molar-refractivity contribution is 7.89. The molecule has 0 spiro atoms. The Labute approximate surface area is 199 Å². The number of fused-ring (bicyclic) bond motifs is 1. The van der Waals surface area contributed by atoms with Gasteiger partial charge in [0.25, 0.3) is 0 Å². The fourth-order valence-electron chi connectivity index (χ4n) is 4.31. The molecule has 0 bridgehead atoms. The molecule has 1 amide bonds. The minimum absolute atomic E-state index is 0.0468. The lowest BCUT2D eigenvalue weighted by atomic mass is 9.94. The first-order valence-electron chi connectivity index (χ1n) is 11.2. The average molecular weight is 479 g/mol.